The molecular formula is C19H30N2O2. The Hall–Kier alpha value is -1.71. The van der Waals surface area contributed by atoms with Gasteiger partial charge in [-0.05, 0) is 42.9 Å². The molecule has 0 saturated heterocycles. The summed E-state index contributed by atoms with van der Waals surface area (Å²) in [6.45, 7) is 4.38. The highest BCUT2D eigenvalue weighted by molar-refractivity contribution is 5.74. The van der Waals surface area contributed by atoms with Crippen molar-refractivity contribution in [1.82, 2.24) is 10.2 Å². The second kappa shape index (κ2) is 8.23. The van der Waals surface area contributed by atoms with Crippen LogP contribution in [0.15, 0.2) is 24.3 Å². The van der Waals surface area contributed by atoms with Crippen molar-refractivity contribution in [3.63, 3.8) is 0 Å². The SMILES string of the molecule is CCC(NC(=O)N(C)C1CCCC(C)C1)c1ccc(OC)cc1. The molecular weight excluding hydrogens is 288 g/mol. The lowest BCUT2D eigenvalue weighted by Crippen LogP contribution is -2.46. The zero-order chi connectivity index (χ0) is 16.8. The number of hydrogen-bond acceptors (Lipinski definition) is 2. The first kappa shape index (κ1) is 17.6. The molecule has 1 saturated carbocycles. The zero-order valence-electron chi connectivity index (χ0n) is 14.8. The number of methoxy groups -OCH3 is 1. The molecule has 3 atom stereocenters. The number of nitrogens with zero attached hydrogens (tertiary/aromatic N) is 1. The Kier molecular flexibility index (Phi) is 6.31. The molecule has 1 N–H and O–H groups in total. The Morgan fingerprint density at radius 2 is 2.04 bits per heavy atom. The summed E-state index contributed by atoms with van der Waals surface area (Å²) in [6, 6.07) is 8.37. The summed E-state index contributed by atoms with van der Waals surface area (Å²) < 4.78 is 5.20. The first-order valence-electron chi connectivity index (χ1n) is 8.72. The van der Waals surface area contributed by atoms with E-state index >= 15 is 0 Å². The van der Waals surface area contributed by atoms with E-state index < -0.39 is 0 Å². The van der Waals surface area contributed by atoms with Gasteiger partial charge in [-0.15, -0.1) is 0 Å². The second-order valence-corrected chi connectivity index (χ2v) is 6.72. The number of amides is 2. The first-order chi connectivity index (χ1) is 11.0. The molecule has 1 fully saturated rings. The highest BCUT2D eigenvalue weighted by Crippen LogP contribution is 2.27. The van der Waals surface area contributed by atoms with Gasteiger partial charge in [0.1, 0.15) is 5.75 Å². The molecule has 0 radical (unpaired) electrons. The van der Waals surface area contributed by atoms with E-state index in [-0.39, 0.29) is 12.1 Å². The number of ether oxygens (including phenoxy) is 1. The van der Waals surface area contributed by atoms with Gasteiger partial charge in [-0.25, -0.2) is 4.79 Å². The summed E-state index contributed by atoms with van der Waals surface area (Å²) >= 11 is 0. The standard InChI is InChI=1S/C19H30N2O2/c1-5-18(15-9-11-17(23-4)12-10-15)20-19(22)21(3)16-8-6-7-14(2)13-16/h9-12,14,16,18H,5-8,13H2,1-4H3,(H,20,22). The summed E-state index contributed by atoms with van der Waals surface area (Å²) in [6.07, 6.45) is 5.61. The monoisotopic (exact) mass is 318 g/mol. The molecule has 0 aromatic heterocycles. The van der Waals surface area contributed by atoms with Gasteiger partial charge in [-0.1, -0.05) is 38.8 Å². The van der Waals surface area contributed by atoms with Crippen molar-refractivity contribution in [3.8, 4) is 5.75 Å². The van der Waals surface area contributed by atoms with Crippen LogP contribution < -0.4 is 10.1 Å². The van der Waals surface area contributed by atoms with Gasteiger partial charge in [0.15, 0.2) is 0 Å². The summed E-state index contributed by atoms with van der Waals surface area (Å²) in [4.78, 5) is 14.5. The van der Waals surface area contributed by atoms with Crippen molar-refractivity contribution in [2.75, 3.05) is 14.2 Å². The number of carbonyl (C=O) groups excluding carboxylic acids is 1. The molecule has 0 heterocycles. The van der Waals surface area contributed by atoms with E-state index in [2.05, 4.69) is 19.2 Å². The highest BCUT2D eigenvalue weighted by atomic mass is 16.5. The Morgan fingerprint density at radius 3 is 2.61 bits per heavy atom. The lowest BCUT2D eigenvalue weighted by atomic mass is 9.86. The smallest absolute Gasteiger partial charge is 0.317 e. The summed E-state index contributed by atoms with van der Waals surface area (Å²) in [5.74, 6) is 1.55. The number of benzene rings is 1. The van der Waals surface area contributed by atoms with Crippen LogP contribution in [-0.4, -0.2) is 31.1 Å². The zero-order valence-corrected chi connectivity index (χ0v) is 14.8. The van der Waals surface area contributed by atoms with Gasteiger partial charge in [0.2, 0.25) is 0 Å². The maximum absolute atomic E-state index is 12.6. The average Bonchev–Trinajstić information content (AvgIpc) is 2.59. The van der Waals surface area contributed by atoms with Crippen LogP contribution in [0.1, 0.15) is 57.6 Å². The Morgan fingerprint density at radius 1 is 1.35 bits per heavy atom. The van der Waals surface area contributed by atoms with Gasteiger partial charge in [-0.3, -0.25) is 0 Å². The fourth-order valence-corrected chi connectivity index (χ4v) is 3.43. The van der Waals surface area contributed by atoms with Crippen molar-refractivity contribution in [3.05, 3.63) is 29.8 Å². The molecule has 4 heteroatoms. The topological polar surface area (TPSA) is 41.6 Å². The molecule has 1 aliphatic rings. The Balaban J connectivity index is 1.97. The maximum Gasteiger partial charge on any atom is 0.317 e. The van der Waals surface area contributed by atoms with Gasteiger partial charge in [-0.2, -0.15) is 0 Å². The average molecular weight is 318 g/mol. The molecule has 0 spiro atoms. The second-order valence-electron chi connectivity index (χ2n) is 6.72. The predicted molar refractivity (Wildman–Crippen MR) is 93.7 cm³/mol. The lowest BCUT2D eigenvalue weighted by molar-refractivity contribution is 0.157. The minimum absolute atomic E-state index is 0.0340. The third-order valence-corrected chi connectivity index (χ3v) is 5.00. The summed E-state index contributed by atoms with van der Waals surface area (Å²) in [5.41, 5.74) is 1.12. The molecule has 0 bridgehead atoms. The van der Waals surface area contributed by atoms with Gasteiger partial charge in [0, 0.05) is 13.1 Å². The number of hydrogen-bond donors (Lipinski definition) is 1. The fourth-order valence-electron chi connectivity index (χ4n) is 3.43. The quantitative estimate of drug-likeness (QED) is 0.876. The van der Waals surface area contributed by atoms with Crippen LogP contribution in [0.2, 0.25) is 0 Å². The van der Waals surface area contributed by atoms with Gasteiger partial charge in [0.25, 0.3) is 0 Å². The van der Waals surface area contributed by atoms with Gasteiger partial charge < -0.3 is 15.0 Å². The molecule has 1 aromatic carbocycles. The van der Waals surface area contributed by atoms with E-state index in [1.807, 2.05) is 36.2 Å². The number of urea groups is 1. The van der Waals surface area contributed by atoms with Crippen LogP contribution in [0.5, 0.6) is 5.75 Å². The fraction of sp³-hybridized carbons (Fsp3) is 0.632. The van der Waals surface area contributed by atoms with E-state index in [4.69, 9.17) is 4.74 Å². The minimum atomic E-state index is 0.0340. The van der Waals surface area contributed by atoms with Crippen LogP contribution >= 0.6 is 0 Å². The number of carbonyl (C=O) groups is 1. The molecule has 1 aromatic rings. The maximum atomic E-state index is 12.6. The molecule has 2 amide bonds. The largest absolute Gasteiger partial charge is 0.497 e. The van der Waals surface area contributed by atoms with E-state index in [1.54, 1.807) is 7.11 Å². The van der Waals surface area contributed by atoms with Crippen molar-refractivity contribution < 1.29 is 9.53 Å². The molecule has 1 aliphatic carbocycles. The molecule has 0 aliphatic heterocycles. The third-order valence-electron chi connectivity index (χ3n) is 5.00. The van der Waals surface area contributed by atoms with Gasteiger partial charge in [0.05, 0.1) is 13.2 Å². The van der Waals surface area contributed by atoms with Crippen molar-refractivity contribution in [1.29, 1.82) is 0 Å². The summed E-state index contributed by atoms with van der Waals surface area (Å²) in [7, 11) is 3.59. The van der Waals surface area contributed by atoms with Crippen LogP contribution in [0.25, 0.3) is 0 Å². The van der Waals surface area contributed by atoms with Crippen LogP contribution in [0.3, 0.4) is 0 Å². The Labute approximate surface area is 140 Å². The van der Waals surface area contributed by atoms with E-state index in [0.29, 0.717) is 12.0 Å². The molecule has 2 rings (SSSR count). The van der Waals surface area contributed by atoms with E-state index in [1.165, 1.54) is 12.8 Å². The van der Waals surface area contributed by atoms with Crippen LogP contribution in [0, 0.1) is 5.92 Å². The van der Waals surface area contributed by atoms with E-state index in [0.717, 1.165) is 30.6 Å². The lowest BCUT2D eigenvalue weighted by Gasteiger charge is -2.35. The van der Waals surface area contributed by atoms with Crippen LogP contribution in [-0.2, 0) is 0 Å². The van der Waals surface area contributed by atoms with Crippen molar-refractivity contribution >= 4 is 6.03 Å². The first-order valence-corrected chi connectivity index (χ1v) is 8.72. The van der Waals surface area contributed by atoms with Gasteiger partial charge >= 0.3 is 6.03 Å². The molecule has 4 nitrogen and oxygen atoms in total. The molecule has 128 valence electrons. The number of nitrogens with one attached hydrogen (secondary N) is 1. The Bertz CT molecular complexity index is 501. The summed E-state index contributed by atoms with van der Waals surface area (Å²) in [5, 5.41) is 3.18. The third kappa shape index (κ3) is 4.63. The van der Waals surface area contributed by atoms with Crippen LogP contribution in [0.4, 0.5) is 4.79 Å². The highest BCUT2D eigenvalue weighted by Gasteiger charge is 2.26. The normalized spacial score (nSPS) is 22.3. The minimum Gasteiger partial charge on any atom is -0.497 e. The molecule has 23 heavy (non-hydrogen) atoms. The van der Waals surface area contributed by atoms with Crippen molar-refractivity contribution in [2.24, 2.45) is 5.92 Å². The predicted octanol–water partition coefficient (Wildman–Crippen LogP) is 4.37. The number of rotatable bonds is 5. The van der Waals surface area contributed by atoms with E-state index in [9.17, 15) is 4.79 Å². The van der Waals surface area contributed by atoms with Crippen molar-refractivity contribution in [2.45, 2.75) is 58.0 Å². The molecule has 3 unspecified atom stereocenters.